The summed E-state index contributed by atoms with van der Waals surface area (Å²) >= 11 is 6.32. The Morgan fingerprint density at radius 1 is 1.58 bits per heavy atom. The van der Waals surface area contributed by atoms with Crippen LogP contribution in [0, 0.1) is 6.92 Å². The van der Waals surface area contributed by atoms with Crippen molar-refractivity contribution in [3.63, 3.8) is 0 Å². The zero-order chi connectivity index (χ0) is 14.0. The van der Waals surface area contributed by atoms with E-state index < -0.39 is 0 Å². The number of ether oxygens (including phenoxy) is 1. The van der Waals surface area contributed by atoms with Crippen LogP contribution in [-0.2, 0) is 11.8 Å². The van der Waals surface area contributed by atoms with Crippen molar-refractivity contribution < 1.29 is 9.53 Å². The van der Waals surface area contributed by atoms with Gasteiger partial charge in [-0.1, -0.05) is 11.6 Å². The first-order chi connectivity index (χ1) is 9.06. The van der Waals surface area contributed by atoms with Gasteiger partial charge >= 0.3 is 0 Å². The molecule has 0 aliphatic carbocycles. The highest BCUT2D eigenvalue weighted by atomic mass is 35.5. The van der Waals surface area contributed by atoms with Crippen molar-refractivity contribution >= 4 is 28.5 Å². The number of carbonyl (C=O) groups excluding carboxylic acids is 1. The number of methoxy groups -OCH3 is 1. The third kappa shape index (κ3) is 2.57. The Balaban J connectivity index is 2.37. The summed E-state index contributed by atoms with van der Waals surface area (Å²) in [5.41, 5.74) is 2.16. The third-order valence-electron chi connectivity index (χ3n) is 2.95. The average molecular weight is 282 g/mol. The van der Waals surface area contributed by atoms with E-state index in [-0.39, 0.29) is 5.91 Å². The lowest BCUT2D eigenvalue weighted by Crippen LogP contribution is -2.27. The largest absolute Gasteiger partial charge is 0.383 e. The van der Waals surface area contributed by atoms with E-state index >= 15 is 0 Å². The highest BCUT2D eigenvalue weighted by molar-refractivity contribution is 6.38. The molecule has 0 aliphatic rings. The molecule has 102 valence electrons. The molecule has 2 aromatic rings. The first-order valence-corrected chi connectivity index (χ1v) is 6.31. The number of hydrogen-bond donors (Lipinski definition) is 1. The van der Waals surface area contributed by atoms with E-state index in [4.69, 9.17) is 16.3 Å². The molecule has 0 saturated heterocycles. The Morgan fingerprint density at radius 2 is 2.32 bits per heavy atom. The Hall–Kier alpha value is -1.59. The van der Waals surface area contributed by atoms with Crippen molar-refractivity contribution in [2.24, 2.45) is 7.05 Å². The third-order valence-corrected chi connectivity index (χ3v) is 3.34. The quantitative estimate of drug-likeness (QED) is 0.871. The minimum absolute atomic E-state index is 0.236. The molecule has 6 heteroatoms. The first kappa shape index (κ1) is 13.8. The van der Waals surface area contributed by atoms with Crippen LogP contribution >= 0.6 is 11.6 Å². The maximum absolute atomic E-state index is 12.0. The van der Waals surface area contributed by atoms with Crippen LogP contribution in [0.3, 0.4) is 0 Å². The fourth-order valence-corrected chi connectivity index (χ4v) is 2.40. The van der Waals surface area contributed by atoms with Gasteiger partial charge in [-0.2, -0.15) is 0 Å². The molecule has 0 spiro atoms. The minimum Gasteiger partial charge on any atom is -0.383 e. The number of aryl methyl sites for hydroxylation is 2. The highest BCUT2D eigenvalue weighted by Gasteiger charge is 2.16. The molecule has 2 heterocycles. The minimum atomic E-state index is -0.236. The molecule has 0 unspecified atom stereocenters. The second-order valence-electron chi connectivity index (χ2n) is 4.36. The maximum atomic E-state index is 12.0. The number of rotatable bonds is 4. The Morgan fingerprint density at radius 3 is 3.00 bits per heavy atom. The number of nitrogens with one attached hydrogen (secondary N) is 1. The lowest BCUT2D eigenvalue weighted by molar-refractivity contribution is 0.0937. The summed E-state index contributed by atoms with van der Waals surface area (Å²) in [7, 11) is 3.48. The number of fused-ring (bicyclic) bond motifs is 1. The molecule has 0 aromatic carbocycles. The van der Waals surface area contributed by atoms with Crippen LogP contribution in [0.5, 0.6) is 0 Å². The van der Waals surface area contributed by atoms with Crippen molar-refractivity contribution in [1.82, 2.24) is 14.9 Å². The lowest BCUT2D eigenvalue weighted by atomic mass is 10.1. The zero-order valence-electron chi connectivity index (χ0n) is 11.2. The van der Waals surface area contributed by atoms with Crippen molar-refractivity contribution in [1.29, 1.82) is 0 Å². The Kier molecular flexibility index (Phi) is 4.07. The molecule has 19 heavy (non-hydrogen) atoms. The number of hydrogen-bond acceptors (Lipinski definition) is 3. The fourth-order valence-electron chi connectivity index (χ4n) is 2.03. The molecule has 0 radical (unpaired) electrons. The number of carbonyl (C=O) groups is 1. The predicted molar refractivity (Wildman–Crippen MR) is 74.7 cm³/mol. The smallest absolute Gasteiger partial charge is 0.254 e. The second-order valence-corrected chi connectivity index (χ2v) is 4.73. The first-order valence-electron chi connectivity index (χ1n) is 5.93. The Bertz CT molecular complexity index is 622. The van der Waals surface area contributed by atoms with Gasteiger partial charge in [-0.15, -0.1) is 0 Å². The van der Waals surface area contributed by atoms with Crippen molar-refractivity contribution in [3.05, 3.63) is 28.5 Å². The fraction of sp³-hybridized carbons (Fsp3) is 0.385. The van der Waals surface area contributed by atoms with Crippen molar-refractivity contribution in [2.45, 2.75) is 6.92 Å². The zero-order valence-corrected chi connectivity index (χ0v) is 11.9. The lowest BCUT2D eigenvalue weighted by Gasteiger charge is -2.07. The van der Waals surface area contributed by atoms with Crippen LogP contribution < -0.4 is 5.32 Å². The van der Waals surface area contributed by atoms with Crippen molar-refractivity contribution in [2.75, 3.05) is 20.3 Å². The van der Waals surface area contributed by atoms with Crippen LogP contribution in [-0.4, -0.2) is 35.7 Å². The van der Waals surface area contributed by atoms with Gasteiger partial charge in [-0.25, -0.2) is 4.98 Å². The SMILES string of the molecule is COCCNC(=O)c1cnc2c(c(C)cn2C)c1Cl. The van der Waals surface area contributed by atoms with Crippen LogP contribution in [0.15, 0.2) is 12.4 Å². The summed E-state index contributed by atoms with van der Waals surface area (Å²) in [4.78, 5) is 16.3. The number of pyridine rings is 1. The molecular weight excluding hydrogens is 266 g/mol. The van der Waals surface area contributed by atoms with Gasteiger partial charge in [0.1, 0.15) is 5.65 Å². The Labute approximate surface area is 116 Å². The van der Waals surface area contributed by atoms with E-state index in [0.717, 1.165) is 16.6 Å². The van der Waals surface area contributed by atoms with Gasteiger partial charge in [0.15, 0.2) is 0 Å². The number of halogens is 1. The van der Waals surface area contributed by atoms with Gasteiger partial charge in [-0.05, 0) is 12.5 Å². The van der Waals surface area contributed by atoms with E-state index in [1.54, 1.807) is 7.11 Å². The van der Waals surface area contributed by atoms with Gasteiger partial charge in [0.05, 0.1) is 17.2 Å². The van der Waals surface area contributed by atoms with Crippen LogP contribution in [0.2, 0.25) is 5.02 Å². The molecule has 1 amide bonds. The monoisotopic (exact) mass is 281 g/mol. The van der Waals surface area contributed by atoms with Gasteiger partial charge in [-0.3, -0.25) is 4.79 Å². The normalized spacial score (nSPS) is 10.9. The number of nitrogens with zero attached hydrogens (tertiary/aromatic N) is 2. The van der Waals surface area contributed by atoms with Crippen LogP contribution in [0.1, 0.15) is 15.9 Å². The van der Waals surface area contributed by atoms with Gasteiger partial charge in [0.2, 0.25) is 0 Å². The molecule has 2 aromatic heterocycles. The molecule has 2 rings (SSSR count). The van der Waals surface area contributed by atoms with E-state index in [9.17, 15) is 4.79 Å². The molecule has 0 aliphatic heterocycles. The maximum Gasteiger partial charge on any atom is 0.254 e. The summed E-state index contributed by atoms with van der Waals surface area (Å²) < 4.78 is 6.78. The number of aromatic nitrogens is 2. The molecule has 1 N–H and O–H groups in total. The van der Waals surface area contributed by atoms with E-state index in [2.05, 4.69) is 10.3 Å². The molecular formula is C13H16ClN3O2. The summed E-state index contributed by atoms with van der Waals surface area (Å²) in [6.07, 6.45) is 3.45. The molecule has 0 bridgehead atoms. The molecule has 0 atom stereocenters. The van der Waals surface area contributed by atoms with Gasteiger partial charge < -0.3 is 14.6 Å². The van der Waals surface area contributed by atoms with Crippen LogP contribution in [0.25, 0.3) is 11.0 Å². The summed E-state index contributed by atoms with van der Waals surface area (Å²) in [5, 5.41) is 4.00. The highest BCUT2D eigenvalue weighted by Crippen LogP contribution is 2.29. The van der Waals surface area contributed by atoms with Crippen LogP contribution in [0.4, 0.5) is 0 Å². The second kappa shape index (κ2) is 5.59. The average Bonchev–Trinajstić information content (AvgIpc) is 2.66. The topological polar surface area (TPSA) is 56.1 Å². The summed E-state index contributed by atoms with van der Waals surface area (Å²) in [5.74, 6) is -0.236. The van der Waals surface area contributed by atoms with Crippen molar-refractivity contribution in [3.8, 4) is 0 Å². The molecule has 0 saturated carbocycles. The van der Waals surface area contributed by atoms with E-state index in [1.165, 1.54) is 6.20 Å². The van der Waals surface area contributed by atoms with E-state index in [1.807, 2.05) is 24.7 Å². The summed E-state index contributed by atoms with van der Waals surface area (Å²) in [6, 6.07) is 0. The standard InChI is InChI=1S/C13H16ClN3O2/c1-8-7-17(2)12-10(8)11(14)9(6-16-12)13(18)15-4-5-19-3/h6-7H,4-5H2,1-3H3,(H,15,18). The molecule has 0 fully saturated rings. The molecule has 5 nitrogen and oxygen atoms in total. The predicted octanol–water partition coefficient (Wildman–Crippen LogP) is 1.91. The number of amides is 1. The van der Waals surface area contributed by atoms with Gasteiger partial charge in [0, 0.05) is 38.5 Å². The van der Waals surface area contributed by atoms with Gasteiger partial charge in [0.25, 0.3) is 5.91 Å². The summed E-state index contributed by atoms with van der Waals surface area (Å²) in [6.45, 7) is 2.85. The van der Waals surface area contributed by atoms with E-state index in [0.29, 0.717) is 23.7 Å².